The van der Waals surface area contributed by atoms with Crippen molar-refractivity contribution in [2.24, 2.45) is 17.8 Å². The van der Waals surface area contributed by atoms with Gasteiger partial charge in [0.1, 0.15) is 0 Å². The second kappa shape index (κ2) is 3.16. The van der Waals surface area contributed by atoms with Crippen LogP contribution in [-0.2, 0) is 4.79 Å². The molecule has 6 heteroatoms. The highest BCUT2D eigenvalue weighted by molar-refractivity contribution is 5.83. The van der Waals surface area contributed by atoms with E-state index >= 15 is 0 Å². The van der Waals surface area contributed by atoms with Gasteiger partial charge in [0.25, 0.3) is 0 Å². The normalized spacial score (nSPS) is 39.0. The molecule has 16 heavy (non-hydrogen) atoms. The molecule has 2 rings (SSSR count). The topological polar surface area (TPSA) is 110 Å². The molecule has 2 bridgehead atoms. The maximum atomic E-state index is 11.5. The smallest absolute Gasteiger partial charge is 0.223 e. The molecule has 92 valence electrons. The Morgan fingerprint density at radius 1 is 1.12 bits per heavy atom. The Morgan fingerprint density at radius 2 is 1.62 bits per heavy atom. The van der Waals surface area contributed by atoms with Crippen molar-refractivity contribution in [3.63, 3.8) is 0 Å². The highest BCUT2D eigenvalue weighted by Crippen LogP contribution is 2.50. The first-order valence-electron chi connectivity index (χ1n) is 5.32. The zero-order chi connectivity index (χ0) is 12.3. The van der Waals surface area contributed by atoms with Crippen LogP contribution in [0, 0.1) is 17.8 Å². The Hall–Kier alpha value is -0.690. The highest BCUT2D eigenvalue weighted by atomic mass is 16.5. The molecule has 1 heterocycles. The second-order valence-corrected chi connectivity index (χ2v) is 5.20. The first-order chi connectivity index (χ1) is 7.12. The van der Waals surface area contributed by atoms with E-state index in [1.54, 1.807) is 0 Å². The molecule has 1 amide bonds. The minimum absolute atomic E-state index is 0.246. The molecule has 0 aromatic heterocycles. The van der Waals surface area contributed by atoms with E-state index in [9.17, 15) is 25.2 Å². The minimum Gasteiger partial charge on any atom is -0.366 e. The lowest BCUT2D eigenvalue weighted by molar-refractivity contribution is -0.262. The third-order valence-electron chi connectivity index (χ3n) is 3.69. The highest BCUT2D eigenvalue weighted by Gasteiger charge is 2.62. The number of amides is 1. The van der Waals surface area contributed by atoms with Gasteiger partial charge in [-0.25, -0.2) is 0 Å². The Bertz CT molecular complexity index is 316. The van der Waals surface area contributed by atoms with Crippen molar-refractivity contribution in [2.45, 2.75) is 37.9 Å². The van der Waals surface area contributed by atoms with E-state index in [1.165, 1.54) is 13.8 Å². The fourth-order valence-corrected chi connectivity index (χ4v) is 3.22. The van der Waals surface area contributed by atoms with Crippen LogP contribution in [0.4, 0.5) is 0 Å². The summed E-state index contributed by atoms with van der Waals surface area (Å²) in [5.41, 5.74) is 0. The zero-order valence-corrected chi connectivity index (χ0v) is 9.21. The van der Waals surface area contributed by atoms with Crippen molar-refractivity contribution in [3.05, 3.63) is 0 Å². The molecular formula is C10H17NO5. The number of fused-ring (bicyclic) bond motifs is 2. The van der Waals surface area contributed by atoms with Crippen molar-refractivity contribution >= 4 is 5.91 Å². The maximum absolute atomic E-state index is 11.5. The first kappa shape index (κ1) is 11.8. The van der Waals surface area contributed by atoms with E-state index in [4.69, 9.17) is 0 Å². The van der Waals surface area contributed by atoms with Crippen LogP contribution >= 0.6 is 0 Å². The second-order valence-electron chi connectivity index (χ2n) is 5.20. The van der Waals surface area contributed by atoms with Crippen molar-refractivity contribution < 1.29 is 25.2 Å². The average Bonchev–Trinajstić information content (AvgIpc) is 2.55. The van der Waals surface area contributed by atoms with Gasteiger partial charge in [-0.15, -0.1) is 0 Å². The number of rotatable bonds is 2. The molecule has 1 saturated carbocycles. The summed E-state index contributed by atoms with van der Waals surface area (Å²) in [7, 11) is 0. The maximum Gasteiger partial charge on any atom is 0.223 e. The molecule has 6 nitrogen and oxygen atoms in total. The summed E-state index contributed by atoms with van der Waals surface area (Å²) in [6.07, 6.45) is 0.418. The van der Waals surface area contributed by atoms with Crippen LogP contribution in [-0.4, -0.2) is 43.9 Å². The number of aliphatic hydroxyl groups is 4. The quantitative estimate of drug-likeness (QED) is 0.358. The number of nitrogens with one attached hydrogen (secondary N) is 1. The van der Waals surface area contributed by atoms with Crippen LogP contribution < -0.4 is 5.32 Å². The van der Waals surface area contributed by atoms with Gasteiger partial charge in [0, 0.05) is 23.8 Å². The van der Waals surface area contributed by atoms with Gasteiger partial charge in [-0.1, -0.05) is 0 Å². The van der Waals surface area contributed by atoms with Crippen LogP contribution in [0.5, 0.6) is 0 Å². The molecule has 2 aliphatic rings. The third-order valence-corrected chi connectivity index (χ3v) is 3.69. The number of hydrogen-bond donors (Lipinski definition) is 5. The number of hydrogen-bond acceptors (Lipinski definition) is 5. The summed E-state index contributed by atoms with van der Waals surface area (Å²) in [5, 5.41) is 41.2. The van der Waals surface area contributed by atoms with E-state index < -0.39 is 35.4 Å². The molecule has 2 fully saturated rings. The Kier molecular flexibility index (Phi) is 2.33. The van der Waals surface area contributed by atoms with Gasteiger partial charge in [0.15, 0.2) is 11.6 Å². The minimum atomic E-state index is -2.09. The number of piperidine rings is 1. The summed E-state index contributed by atoms with van der Waals surface area (Å²) in [6, 6.07) is -0.402. The molecule has 1 aliphatic heterocycles. The molecule has 0 aromatic carbocycles. The number of carbonyl (C=O) groups is 1. The Balaban J connectivity index is 2.35. The SMILES string of the molecule is CC(O)(O)C1C2C[C@@H](NC2=O)C1C(C)(O)O. The van der Waals surface area contributed by atoms with Crippen molar-refractivity contribution in [2.75, 3.05) is 0 Å². The molecule has 0 spiro atoms. The van der Waals surface area contributed by atoms with Crippen LogP contribution in [0.15, 0.2) is 0 Å². The first-order valence-corrected chi connectivity index (χ1v) is 5.32. The van der Waals surface area contributed by atoms with Gasteiger partial charge >= 0.3 is 0 Å². The predicted molar refractivity (Wildman–Crippen MR) is 52.7 cm³/mol. The fourth-order valence-electron chi connectivity index (χ4n) is 3.22. The zero-order valence-electron chi connectivity index (χ0n) is 9.21. The number of carbonyl (C=O) groups excluding carboxylic acids is 1. The lowest BCUT2D eigenvalue weighted by Crippen LogP contribution is -2.58. The van der Waals surface area contributed by atoms with Crippen LogP contribution in [0.3, 0.4) is 0 Å². The van der Waals surface area contributed by atoms with Crippen molar-refractivity contribution in [3.8, 4) is 0 Å². The van der Waals surface area contributed by atoms with Gasteiger partial charge in [-0.3, -0.25) is 4.79 Å². The average molecular weight is 231 g/mol. The lowest BCUT2D eigenvalue weighted by Gasteiger charge is -2.41. The Morgan fingerprint density at radius 3 is 2.06 bits per heavy atom. The lowest BCUT2D eigenvalue weighted by atomic mass is 9.76. The van der Waals surface area contributed by atoms with E-state index in [0.717, 1.165) is 0 Å². The summed E-state index contributed by atoms with van der Waals surface area (Å²) in [4.78, 5) is 11.5. The third kappa shape index (κ3) is 1.62. The van der Waals surface area contributed by atoms with Gasteiger partial charge in [0.05, 0.1) is 0 Å². The van der Waals surface area contributed by atoms with E-state index in [1.807, 2.05) is 0 Å². The monoisotopic (exact) mass is 231 g/mol. The molecule has 5 N–H and O–H groups in total. The fraction of sp³-hybridized carbons (Fsp3) is 0.900. The summed E-state index contributed by atoms with van der Waals surface area (Å²) < 4.78 is 0. The van der Waals surface area contributed by atoms with Gasteiger partial charge in [-0.2, -0.15) is 0 Å². The predicted octanol–water partition coefficient (Wildman–Crippen LogP) is -1.86. The van der Waals surface area contributed by atoms with Gasteiger partial charge < -0.3 is 25.7 Å². The van der Waals surface area contributed by atoms with Crippen LogP contribution in [0.1, 0.15) is 20.3 Å². The molecule has 1 aliphatic carbocycles. The molecule has 3 unspecified atom stereocenters. The largest absolute Gasteiger partial charge is 0.366 e. The van der Waals surface area contributed by atoms with E-state index in [-0.39, 0.29) is 5.91 Å². The van der Waals surface area contributed by atoms with Gasteiger partial charge in [-0.05, 0) is 20.3 Å². The van der Waals surface area contributed by atoms with Gasteiger partial charge in [0.2, 0.25) is 5.91 Å². The standard InChI is InChI=1S/C10H17NO5/c1-9(13,14)6-4-3-5(11-8(4)12)7(6)10(2,15)16/h4-7,13-16H,3H2,1-2H3,(H,11,12)/t4?,5-,6?,7?/m1/s1. The molecule has 1 saturated heterocycles. The summed E-state index contributed by atoms with van der Waals surface area (Å²) in [5.74, 6) is -6.56. The van der Waals surface area contributed by atoms with E-state index in [2.05, 4.69) is 5.32 Å². The molecule has 0 aromatic rings. The summed E-state index contributed by atoms with van der Waals surface area (Å²) >= 11 is 0. The van der Waals surface area contributed by atoms with E-state index in [0.29, 0.717) is 6.42 Å². The van der Waals surface area contributed by atoms with Crippen LogP contribution in [0.25, 0.3) is 0 Å². The molecule has 0 radical (unpaired) electrons. The van der Waals surface area contributed by atoms with Crippen LogP contribution in [0.2, 0.25) is 0 Å². The van der Waals surface area contributed by atoms with Crippen molar-refractivity contribution in [1.29, 1.82) is 0 Å². The summed E-state index contributed by atoms with van der Waals surface area (Å²) in [6.45, 7) is 2.37. The Labute approximate surface area is 92.9 Å². The van der Waals surface area contributed by atoms with Crippen molar-refractivity contribution in [1.82, 2.24) is 5.32 Å². The molecule has 4 atom stereocenters. The molecular weight excluding hydrogens is 214 g/mol.